The largest absolute Gasteiger partial charge is 0.353 e. The van der Waals surface area contributed by atoms with Gasteiger partial charge in [0.05, 0.1) is 4.90 Å². The van der Waals surface area contributed by atoms with Crippen LogP contribution in [0, 0.1) is 5.92 Å². The van der Waals surface area contributed by atoms with Crippen LogP contribution in [0.2, 0.25) is 0 Å². The summed E-state index contributed by atoms with van der Waals surface area (Å²) in [6.07, 6.45) is 3.47. The molecule has 0 amide bonds. The molecule has 1 aliphatic carbocycles. The van der Waals surface area contributed by atoms with Gasteiger partial charge in [0.1, 0.15) is 0 Å². The quantitative estimate of drug-likeness (QED) is 0.851. The standard InChI is InChI=1S/C13H17N3O2S/c17-19(18,11-6-2-1-3-7-11)16-13-14-9-10-5-4-8-12(10)15-13/h1-3,6-7,10,12H,4-5,8-9H2,(H2,14,15,16). The summed E-state index contributed by atoms with van der Waals surface area (Å²) in [5, 5.41) is 3.20. The van der Waals surface area contributed by atoms with Gasteiger partial charge in [0.15, 0.2) is 0 Å². The van der Waals surface area contributed by atoms with E-state index in [4.69, 9.17) is 0 Å². The summed E-state index contributed by atoms with van der Waals surface area (Å²) in [6, 6.07) is 8.72. The van der Waals surface area contributed by atoms with Gasteiger partial charge in [-0.05, 0) is 30.9 Å². The van der Waals surface area contributed by atoms with Gasteiger partial charge in [0, 0.05) is 12.6 Å². The first kappa shape index (κ1) is 12.5. The molecule has 102 valence electrons. The lowest BCUT2D eigenvalue weighted by Gasteiger charge is -2.27. The minimum Gasteiger partial charge on any atom is -0.353 e. The highest BCUT2D eigenvalue weighted by atomic mass is 32.2. The van der Waals surface area contributed by atoms with Crippen molar-refractivity contribution in [1.82, 2.24) is 10.0 Å². The number of guanidine groups is 1. The van der Waals surface area contributed by atoms with Crippen molar-refractivity contribution < 1.29 is 8.42 Å². The first-order valence-electron chi connectivity index (χ1n) is 6.54. The Morgan fingerprint density at radius 2 is 2.00 bits per heavy atom. The van der Waals surface area contributed by atoms with Crippen LogP contribution in [0.3, 0.4) is 0 Å². The van der Waals surface area contributed by atoms with Crippen LogP contribution in [0.1, 0.15) is 19.3 Å². The molecule has 19 heavy (non-hydrogen) atoms. The van der Waals surface area contributed by atoms with Crippen LogP contribution in [-0.4, -0.2) is 27.0 Å². The third-order valence-corrected chi connectivity index (χ3v) is 5.10. The number of benzene rings is 1. The molecule has 1 aromatic rings. The molecule has 2 N–H and O–H groups in total. The average Bonchev–Trinajstić information content (AvgIpc) is 2.87. The van der Waals surface area contributed by atoms with E-state index in [2.05, 4.69) is 15.0 Å². The van der Waals surface area contributed by atoms with Crippen molar-refractivity contribution in [3.8, 4) is 0 Å². The number of aliphatic imine (C=N–C) groups is 1. The summed E-state index contributed by atoms with van der Waals surface area (Å²) >= 11 is 0. The number of nitrogens with zero attached hydrogens (tertiary/aromatic N) is 1. The van der Waals surface area contributed by atoms with Crippen LogP contribution in [-0.2, 0) is 10.0 Å². The van der Waals surface area contributed by atoms with Crippen molar-refractivity contribution in [1.29, 1.82) is 0 Å². The smallest absolute Gasteiger partial charge is 0.264 e. The maximum atomic E-state index is 12.2. The summed E-state index contributed by atoms with van der Waals surface area (Å²) < 4.78 is 26.9. The molecular formula is C13H17N3O2S. The van der Waals surface area contributed by atoms with Gasteiger partial charge in [0.2, 0.25) is 5.96 Å². The van der Waals surface area contributed by atoms with Crippen LogP contribution >= 0.6 is 0 Å². The normalized spacial score (nSPS) is 26.2. The van der Waals surface area contributed by atoms with Gasteiger partial charge in [-0.15, -0.1) is 0 Å². The number of rotatable bonds is 2. The van der Waals surface area contributed by atoms with Crippen LogP contribution in [0.5, 0.6) is 0 Å². The highest BCUT2D eigenvalue weighted by Gasteiger charge is 2.31. The van der Waals surface area contributed by atoms with E-state index in [0.717, 1.165) is 6.42 Å². The molecule has 0 spiro atoms. The maximum Gasteiger partial charge on any atom is 0.264 e. The van der Waals surface area contributed by atoms with E-state index in [1.165, 1.54) is 12.8 Å². The average molecular weight is 279 g/mol. The summed E-state index contributed by atoms with van der Waals surface area (Å²) in [4.78, 5) is 4.56. The predicted molar refractivity (Wildman–Crippen MR) is 73.3 cm³/mol. The monoisotopic (exact) mass is 279 g/mol. The lowest BCUT2D eigenvalue weighted by Crippen LogP contribution is -2.50. The molecule has 1 heterocycles. The van der Waals surface area contributed by atoms with Crippen LogP contribution < -0.4 is 10.0 Å². The predicted octanol–water partition coefficient (Wildman–Crippen LogP) is 1.09. The van der Waals surface area contributed by atoms with Gasteiger partial charge in [-0.1, -0.05) is 24.6 Å². The summed E-state index contributed by atoms with van der Waals surface area (Å²) in [5.41, 5.74) is 0. The first-order valence-corrected chi connectivity index (χ1v) is 8.02. The van der Waals surface area contributed by atoms with Gasteiger partial charge < -0.3 is 5.32 Å². The molecule has 2 unspecified atom stereocenters. The zero-order valence-electron chi connectivity index (χ0n) is 10.5. The van der Waals surface area contributed by atoms with Gasteiger partial charge in [-0.2, -0.15) is 0 Å². The van der Waals surface area contributed by atoms with E-state index in [1.807, 2.05) is 0 Å². The number of hydrogen-bond donors (Lipinski definition) is 2. The molecule has 0 bridgehead atoms. The molecular weight excluding hydrogens is 262 g/mol. The second-order valence-electron chi connectivity index (χ2n) is 5.05. The molecule has 5 nitrogen and oxygen atoms in total. The Bertz CT molecular complexity index is 583. The highest BCUT2D eigenvalue weighted by Crippen LogP contribution is 2.27. The van der Waals surface area contributed by atoms with E-state index in [-0.39, 0.29) is 4.90 Å². The van der Waals surface area contributed by atoms with Crippen molar-refractivity contribution in [2.24, 2.45) is 10.9 Å². The van der Waals surface area contributed by atoms with Gasteiger partial charge in [0.25, 0.3) is 10.0 Å². The fourth-order valence-electron chi connectivity index (χ4n) is 2.72. The zero-order valence-corrected chi connectivity index (χ0v) is 11.4. The molecule has 1 aromatic carbocycles. The van der Waals surface area contributed by atoms with E-state index < -0.39 is 10.0 Å². The molecule has 2 aliphatic rings. The second kappa shape index (κ2) is 4.85. The summed E-state index contributed by atoms with van der Waals surface area (Å²) in [5.74, 6) is 0.942. The fourth-order valence-corrected chi connectivity index (χ4v) is 3.73. The topological polar surface area (TPSA) is 70.6 Å². The van der Waals surface area contributed by atoms with Crippen molar-refractivity contribution in [3.05, 3.63) is 30.3 Å². The number of sulfonamides is 1. The third-order valence-electron chi connectivity index (χ3n) is 3.75. The van der Waals surface area contributed by atoms with Crippen LogP contribution in [0.15, 0.2) is 40.2 Å². The van der Waals surface area contributed by atoms with E-state index in [1.54, 1.807) is 30.3 Å². The van der Waals surface area contributed by atoms with Crippen molar-refractivity contribution in [3.63, 3.8) is 0 Å². The van der Waals surface area contributed by atoms with Gasteiger partial charge in [-0.25, -0.2) is 13.1 Å². The third kappa shape index (κ3) is 2.58. The molecule has 2 atom stereocenters. The molecule has 1 fully saturated rings. The molecule has 6 heteroatoms. The van der Waals surface area contributed by atoms with Crippen molar-refractivity contribution >= 4 is 16.0 Å². The van der Waals surface area contributed by atoms with Crippen molar-refractivity contribution in [2.45, 2.75) is 30.2 Å². The summed E-state index contributed by atoms with van der Waals surface area (Å²) in [6.45, 7) is 0.713. The van der Waals surface area contributed by atoms with Crippen LogP contribution in [0.4, 0.5) is 0 Å². The Morgan fingerprint density at radius 3 is 2.79 bits per heavy atom. The lowest BCUT2D eigenvalue weighted by molar-refractivity contribution is 0.434. The number of nitrogens with one attached hydrogen (secondary N) is 2. The Balaban J connectivity index is 1.75. The molecule has 3 rings (SSSR count). The Hall–Kier alpha value is -1.56. The van der Waals surface area contributed by atoms with Gasteiger partial charge in [-0.3, -0.25) is 4.99 Å². The fraction of sp³-hybridized carbons (Fsp3) is 0.462. The number of fused-ring (bicyclic) bond motifs is 1. The Morgan fingerprint density at radius 1 is 1.21 bits per heavy atom. The van der Waals surface area contributed by atoms with E-state index in [0.29, 0.717) is 24.5 Å². The minimum absolute atomic E-state index is 0.257. The highest BCUT2D eigenvalue weighted by molar-refractivity contribution is 7.90. The van der Waals surface area contributed by atoms with Gasteiger partial charge >= 0.3 is 0 Å². The van der Waals surface area contributed by atoms with Crippen LogP contribution in [0.25, 0.3) is 0 Å². The molecule has 0 saturated heterocycles. The SMILES string of the molecule is O=S(=O)(NC1=NCC2CCCC2N1)c1ccccc1. The first-order chi connectivity index (χ1) is 9.15. The van der Waals surface area contributed by atoms with E-state index >= 15 is 0 Å². The molecule has 1 aliphatic heterocycles. The Kier molecular flexibility index (Phi) is 3.18. The lowest BCUT2D eigenvalue weighted by atomic mass is 10.0. The summed E-state index contributed by atoms with van der Waals surface area (Å²) in [7, 11) is -3.53. The zero-order chi connectivity index (χ0) is 13.3. The number of hydrogen-bond acceptors (Lipinski definition) is 4. The van der Waals surface area contributed by atoms with Crippen molar-refractivity contribution in [2.75, 3.05) is 6.54 Å². The second-order valence-corrected chi connectivity index (χ2v) is 6.73. The molecule has 1 saturated carbocycles. The minimum atomic E-state index is -3.53. The molecule has 0 radical (unpaired) electrons. The Labute approximate surface area is 113 Å². The van der Waals surface area contributed by atoms with E-state index in [9.17, 15) is 8.42 Å². The molecule has 0 aromatic heterocycles. The maximum absolute atomic E-state index is 12.2.